The molecule has 0 bridgehead atoms. The fourth-order valence-electron chi connectivity index (χ4n) is 2.69. The minimum absolute atomic E-state index is 0.519. The third kappa shape index (κ3) is 10.5. The summed E-state index contributed by atoms with van der Waals surface area (Å²) >= 11 is 6.69. The molecule has 0 aliphatic carbocycles. The van der Waals surface area contributed by atoms with Gasteiger partial charge in [-0.05, 0) is 114 Å². The fourth-order valence-corrected chi connectivity index (χ4v) is 2.95. The van der Waals surface area contributed by atoms with Gasteiger partial charge < -0.3 is 14.3 Å². The van der Waals surface area contributed by atoms with Crippen molar-refractivity contribution in [3.05, 3.63) is 32.7 Å². The van der Waals surface area contributed by atoms with Crippen LogP contribution < -0.4 is 9.47 Å². The van der Waals surface area contributed by atoms with E-state index < -0.39 is 0 Å². The molecule has 0 spiro atoms. The lowest BCUT2D eigenvalue weighted by molar-refractivity contribution is 0.139. The van der Waals surface area contributed by atoms with Crippen LogP contribution in [0, 0.1) is 0 Å². The van der Waals surface area contributed by atoms with Crippen molar-refractivity contribution in [2.24, 2.45) is 5.16 Å². The van der Waals surface area contributed by atoms with E-state index in [1.807, 2.05) is 19.9 Å². The average molecular weight is 519 g/mol. The molecule has 158 valence electrons. The van der Waals surface area contributed by atoms with Crippen LogP contribution in [0.1, 0.15) is 64.5 Å². The number of nitrogens with zero attached hydrogens (tertiary/aromatic N) is 1. The maximum absolute atomic E-state index is 6.17. The second kappa shape index (κ2) is 14.9. The van der Waals surface area contributed by atoms with Gasteiger partial charge in [0.1, 0.15) is 24.7 Å². The van der Waals surface area contributed by atoms with Crippen LogP contribution in [0.3, 0.4) is 0 Å². The highest BCUT2D eigenvalue weighted by molar-refractivity contribution is 9.28. The van der Waals surface area contributed by atoms with Crippen molar-refractivity contribution >= 4 is 37.6 Å². The number of hydrogen-bond acceptors (Lipinski definition) is 4. The molecule has 0 N–H and O–H groups in total. The smallest absolute Gasteiger partial charge is 0.125 e. The Labute approximate surface area is 187 Å². The summed E-state index contributed by atoms with van der Waals surface area (Å²) in [6.45, 7) is 10.1. The standard InChI is InChI=1S/C22H33Br2NO3/c1-5-18-15-20(26-14-11-21(23)24)16-19(6-2)22(18)27-12-9-7-8-10-13-28-25-17(3)4/h11,15-16H,5-10,12-14H2,1-4H3. The third-order valence-electron chi connectivity index (χ3n) is 4.09. The van der Waals surface area contributed by atoms with Crippen LogP contribution in [0.25, 0.3) is 0 Å². The summed E-state index contributed by atoms with van der Waals surface area (Å²) in [7, 11) is 0. The third-order valence-corrected chi connectivity index (χ3v) is 4.74. The molecule has 0 saturated heterocycles. The van der Waals surface area contributed by atoms with Gasteiger partial charge in [0.05, 0.1) is 15.7 Å². The van der Waals surface area contributed by atoms with Gasteiger partial charge in [0.25, 0.3) is 0 Å². The lowest BCUT2D eigenvalue weighted by Crippen LogP contribution is -2.05. The monoisotopic (exact) mass is 517 g/mol. The Hall–Kier alpha value is -1.01. The first-order valence-corrected chi connectivity index (χ1v) is 11.6. The van der Waals surface area contributed by atoms with Gasteiger partial charge in [-0.25, -0.2) is 0 Å². The van der Waals surface area contributed by atoms with E-state index >= 15 is 0 Å². The van der Waals surface area contributed by atoms with Crippen molar-refractivity contribution in [2.75, 3.05) is 19.8 Å². The zero-order valence-electron chi connectivity index (χ0n) is 17.5. The summed E-state index contributed by atoms with van der Waals surface area (Å²) < 4.78 is 12.9. The minimum Gasteiger partial charge on any atom is -0.493 e. The van der Waals surface area contributed by atoms with Crippen molar-refractivity contribution < 1.29 is 14.3 Å². The Kier molecular flexibility index (Phi) is 13.3. The molecule has 0 unspecified atom stereocenters. The summed E-state index contributed by atoms with van der Waals surface area (Å²) in [6.07, 6.45) is 8.12. The number of rotatable bonds is 14. The van der Waals surface area contributed by atoms with Crippen molar-refractivity contribution in [1.82, 2.24) is 0 Å². The second-order valence-corrected chi connectivity index (χ2v) is 9.49. The molecule has 0 aliphatic rings. The van der Waals surface area contributed by atoms with Crippen molar-refractivity contribution in [3.8, 4) is 11.5 Å². The van der Waals surface area contributed by atoms with Crippen molar-refractivity contribution in [2.45, 2.75) is 66.2 Å². The molecular formula is C22H33Br2NO3. The van der Waals surface area contributed by atoms with Crippen LogP contribution in [-0.4, -0.2) is 25.5 Å². The maximum Gasteiger partial charge on any atom is 0.125 e. The van der Waals surface area contributed by atoms with E-state index in [4.69, 9.17) is 14.3 Å². The number of hydrogen-bond donors (Lipinski definition) is 0. The summed E-state index contributed by atoms with van der Waals surface area (Å²) in [5, 5.41) is 3.94. The largest absolute Gasteiger partial charge is 0.493 e. The highest BCUT2D eigenvalue weighted by Crippen LogP contribution is 2.31. The zero-order valence-corrected chi connectivity index (χ0v) is 20.7. The molecular weight excluding hydrogens is 486 g/mol. The normalized spacial score (nSPS) is 10.4. The Bertz CT molecular complexity index is 612. The van der Waals surface area contributed by atoms with E-state index in [0.29, 0.717) is 13.2 Å². The van der Waals surface area contributed by atoms with Crippen molar-refractivity contribution in [1.29, 1.82) is 0 Å². The first-order valence-electron chi connectivity index (χ1n) is 10.0. The summed E-state index contributed by atoms with van der Waals surface area (Å²) in [6, 6.07) is 4.19. The molecule has 0 heterocycles. The topological polar surface area (TPSA) is 40.0 Å². The van der Waals surface area contributed by atoms with E-state index in [2.05, 4.69) is 63.0 Å². The van der Waals surface area contributed by atoms with Crippen LogP contribution in [0.5, 0.6) is 11.5 Å². The van der Waals surface area contributed by atoms with Gasteiger partial charge >= 0.3 is 0 Å². The summed E-state index contributed by atoms with van der Waals surface area (Å²) in [5.41, 5.74) is 3.37. The van der Waals surface area contributed by atoms with E-state index in [0.717, 1.165) is 65.7 Å². The summed E-state index contributed by atoms with van der Waals surface area (Å²) in [5.74, 6) is 1.93. The van der Waals surface area contributed by atoms with Crippen LogP contribution in [0.15, 0.2) is 26.8 Å². The first kappa shape index (κ1) is 25.0. The Morgan fingerprint density at radius 1 is 0.929 bits per heavy atom. The maximum atomic E-state index is 6.17. The lowest BCUT2D eigenvalue weighted by Gasteiger charge is -2.17. The fraction of sp³-hybridized carbons (Fsp3) is 0.591. The number of aryl methyl sites for hydroxylation is 2. The molecule has 0 saturated carbocycles. The Balaban J connectivity index is 2.48. The number of halogens is 2. The molecule has 0 radical (unpaired) electrons. The predicted octanol–water partition coefficient (Wildman–Crippen LogP) is 7.17. The molecule has 6 heteroatoms. The van der Waals surface area contributed by atoms with E-state index in [1.165, 1.54) is 11.1 Å². The van der Waals surface area contributed by atoms with E-state index in [-0.39, 0.29) is 0 Å². The quantitative estimate of drug-likeness (QED) is 0.149. The van der Waals surface area contributed by atoms with Gasteiger partial charge in [-0.1, -0.05) is 19.0 Å². The van der Waals surface area contributed by atoms with Gasteiger partial charge in [-0.15, -0.1) is 0 Å². The minimum atomic E-state index is 0.519. The molecule has 4 nitrogen and oxygen atoms in total. The van der Waals surface area contributed by atoms with Gasteiger partial charge in [0.2, 0.25) is 0 Å². The van der Waals surface area contributed by atoms with Gasteiger partial charge in [0.15, 0.2) is 0 Å². The molecule has 1 aromatic rings. The Morgan fingerprint density at radius 3 is 2.07 bits per heavy atom. The molecule has 0 fully saturated rings. The van der Waals surface area contributed by atoms with Gasteiger partial charge in [-0.2, -0.15) is 0 Å². The number of oxime groups is 1. The zero-order chi connectivity index (χ0) is 20.8. The predicted molar refractivity (Wildman–Crippen MR) is 125 cm³/mol. The van der Waals surface area contributed by atoms with Crippen LogP contribution in [0.2, 0.25) is 0 Å². The van der Waals surface area contributed by atoms with Crippen LogP contribution in [0.4, 0.5) is 0 Å². The van der Waals surface area contributed by atoms with Crippen LogP contribution in [-0.2, 0) is 17.7 Å². The SMILES string of the molecule is CCc1cc(OCC=C(Br)Br)cc(CC)c1OCCCCCCON=C(C)C. The Morgan fingerprint density at radius 2 is 1.54 bits per heavy atom. The molecule has 0 amide bonds. The van der Waals surface area contributed by atoms with Gasteiger partial charge in [0, 0.05) is 0 Å². The molecule has 28 heavy (non-hydrogen) atoms. The van der Waals surface area contributed by atoms with E-state index in [1.54, 1.807) is 0 Å². The van der Waals surface area contributed by atoms with Crippen LogP contribution >= 0.6 is 31.9 Å². The second-order valence-electron chi connectivity index (χ2n) is 6.72. The summed E-state index contributed by atoms with van der Waals surface area (Å²) in [4.78, 5) is 5.22. The van der Waals surface area contributed by atoms with Gasteiger partial charge in [-0.3, -0.25) is 0 Å². The van der Waals surface area contributed by atoms with Crippen molar-refractivity contribution in [3.63, 3.8) is 0 Å². The molecule has 1 aromatic carbocycles. The lowest BCUT2D eigenvalue weighted by atomic mass is 10.0. The highest BCUT2D eigenvalue weighted by Gasteiger charge is 2.11. The highest BCUT2D eigenvalue weighted by atomic mass is 79.9. The number of unbranched alkanes of at least 4 members (excludes halogenated alkanes) is 3. The number of ether oxygens (including phenoxy) is 2. The number of benzene rings is 1. The molecule has 1 rings (SSSR count). The average Bonchev–Trinajstić information content (AvgIpc) is 2.66. The first-order chi connectivity index (χ1) is 13.5. The molecule has 0 aromatic heterocycles. The molecule has 0 atom stereocenters. The molecule has 0 aliphatic heterocycles. The van der Waals surface area contributed by atoms with E-state index in [9.17, 15) is 0 Å².